The smallest absolute Gasteiger partial charge is 0.0233 e. The van der Waals surface area contributed by atoms with E-state index in [0.717, 1.165) is 4.90 Å². The molecule has 0 N–H and O–H groups in total. The minimum atomic E-state index is 1.14. The molecule has 1 aromatic carbocycles. The van der Waals surface area contributed by atoms with E-state index in [1.54, 1.807) is 0 Å². The summed E-state index contributed by atoms with van der Waals surface area (Å²) in [5.74, 6) is 0. The molecule has 0 aromatic heterocycles. The molecular formula is C17H27ClS. The second-order valence-electron chi connectivity index (χ2n) is 5.30. The van der Waals surface area contributed by atoms with Crippen molar-refractivity contribution >= 4 is 21.7 Å². The summed E-state index contributed by atoms with van der Waals surface area (Å²) >= 11 is 0. The van der Waals surface area contributed by atoms with E-state index < -0.39 is 0 Å². The maximum atomic E-state index is 5.70. The van der Waals surface area contributed by atoms with Crippen molar-refractivity contribution in [2.24, 2.45) is 0 Å². The van der Waals surface area contributed by atoms with Crippen molar-refractivity contribution in [2.45, 2.75) is 76.0 Å². The first-order valence-corrected chi connectivity index (χ1v) is 9.38. The van der Waals surface area contributed by atoms with Crippen LogP contribution in [-0.2, 0) is 6.42 Å². The molecule has 0 radical (unpaired) electrons. The van der Waals surface area contributed by atoms with Crippen LogP contribution in [0.1, 0.15) is 70.3 Å². The molecule has 19 heavy (non-hydrogen) atoms. The first-order valence-electron chi connectivity index (χ1n) is 7.74. The van der Waals surface area contributed by atoms with E-state index in [9.17, 15) is 0 Å². The zero-order valence-electron chi connectivity index (χ0n) is 12.2. The monoisotopic (exact) mass is 298 g/mol. The van der Waals surface area contributed by atoms with Gasteiger partial charge in [-0.3, -0.25) is 0 Å². The van der Waals surface area contributed by atoms with Crippen molar-refractivity contribution < 1.29 is 0 Å². The Kier molecular flexibility index (Phi) is 10.4. The second kappa shape index (κ2) is 11.7. The quantitative estimate of drug-likeness (QED) is 0.396. The zero-order chi connectivity index (χ0) is 13.8. The molecule has 0 unspecified atom stereocenters. The van der Waals surface area contributed by atoms with Gasteiger partial charge >= 0.3 is 0 Å². The Balaban J connectivity index is 1.95. The molecule has 0 atom stereocenters. The van der Waals surface area contributed by atoms with Crippen LogP contribution in [0.2, 0.25) is 0 Å². The van der Waals surface area contributed by atoms with Gasteiger partial charge in [-0.2, -0.15) is 0 Å². The highest BCUT2D eigenvalue weighted by Gasteiger charge is 1.96. The molecule has 0 bridgehead atoms. The van der Waals surface area contributed by atoms with Gasteiger partial charge in [0, 0.05) is 4.90 Å². The molecule has 0 amide bonds. The Bertz CT molecular complexity index is 308. The van der Waals surface area contributed by atoms with Gasteiger partial charge in [0.05, 0.1) is 0 Å². The number of aryl methyl sites for hydroxylation is 1. The SMILES string of the molecule is CCCCCCCCCCCc1ccc(SCl)cc1. The van der Waals surface area contributed by atoms with Gasteiger partial charge in [0.1, 0.15) is 0 Å². The highest BCUT2D eigenvalue weighted by atomic mass is 35.7. The van der Waals surface area contributed by atoms with E-state index in [2.05, 4.69) is 31.2 Å². The van der Waals surface area contributed by atoms with Crippen LogP contribution in [0.25, 0.3) is 0 Å². The Morgan fingerprint density at radius 2 is 1.32 bits per heavy atom. The highest BCUT2D eigenvalue weighted by molar-refractivity contribution is 8.21. The molecule has 0 aliphatic carbocycles. The minimum absolute atomic E-state index is 1.14. The van der Waals surface area contributed by atoms with Gasteiger partial charge in [0.2, 0.25) is 0 Å². The summed E-state index contributed by atoms with van der Waals surface area (Å²) in [5.41, 5.74) is 1.44. The average Bonchev–Trinajstić information content (AvgIpc) is 2.46. The molecule has 108 valence electrons. The molecule has 0 spiro atoms. The number of halogens is 1. The third-order valence-electron chi connectivity index (χ3n) is 3.58. The number of unbranched alkanes of at least 4 members (excludes halogenated alkanes) is 8. The molecule has 1 rings (SSSR count). The van der Waals surface area contributed by atoms with Gasteiger partial charge in [0.15, 0.2) is 0 Å². The molecule has 0 aliphatic rings. The fraction of sp³-hybridized carbons (Fsp3) is 0.647. The molecule has 1 aromatic rings. The Morgan fingerprint density at radius 1 is 0.789 bits per heavy atom. The van der Waals surface area contributed by atoms with E-state index in [0.29, 0.717) is 0 Å². The summed E-state index contributed by atoms with van der Waals surface area (Å²) in [7, 11) is 7.00. The van der Waals surface area contributed by atoms with E-state index in [1.807, 2.05) is 0 Å². The summed E-state index contributed by atoms with van der Waals surface area (Å²) in [6, 6.07) is 8.63. The van der Waals surface area contributed by atoms with E-state index in [4.69, 9.17) is 10.7 Å². The van der Waals surface area contributed by atoms with E-state index in [-0.39, 0.29) is 0 Å². The van der Waals surface area contributed by atoms with Gasteiger partial charge in [-0.05, 0) is 52.2 Å². The Labute approximate surface area is 127 Å². The minimum Gasteiger partial charge on any atom is -0.0654 e. The summed E-state index contributed by atoms with van der Waals surface area (Å²) < 4.78 is 0. The van der Waals surface area contributed by atoms with Crippen molar-refractivity contribution in [1.82, 2.24) is 0 Å². The third kappa shape index (κ3) is 8.60. The molecule has 0 saturated heterocycles. The molecule has 0 saturated carbocycles. The van der Waals surface area contributed by atoms with Gasteiger partial charge in [0.25, 0.3) is 0 Å². The first kappa shape index (κ1) is 16.9. The number of rotatable bonds is 11. The van der Waals surface area contributed by atoms with Gasteiger partial charge in [-0.1, -0.05) is 70.4 Å². The lowest BCUT2D eigenvalue weighted by Crippen LogP contribution is -1.86. The van der Waals surface area contributed by atoms with Gasteiger partial charge in [-0.15, -0.1) is 0 Å². The number of hydrogen-bond donors (Lipinski definition) is 0. The molecule has 0 fully saturated rings. The van der Waals surface area contributed by atoms with Crippen LogP contribution in [-0.4, -0.2) is 0 Å². The highest BCUT2D eigenvalue weighted by Crippen LogP contribution is 2.22. The Hall–Kier alpha value is -0.140. The van der Waals surface area contributed by atoms with Crippen LogP contribution in [0.3, 0.4) is 0 Å². The third-order valence-corrected chi connectivity index (χ3v) is 4.57. The van der Waals surface area contributed by atoms with Crippen molar-refractivity contribution in [1.29, 1.82) is 0 Å². The van der Waals surface area contributed by atoms with Crippen LogP contribution < -0.4 is 0 Å². The molecule has 0 heterocycles. The number of benzene rings is 1. The maximum absolute atomic E-state index is 5.70. The Morgan fingerprint density at radius 3 is 1.84 bits per heavy atom. The maximum Gasteiger partial charge on any atom is 0.0233 e. The predicted octanol–water partition coefficient (Wildman–Crippen LogP) is 7.01. The summed E-state index contributed by atoms with van der Waals surface area (Å²) in [6.45, 7) is 2.28. The van der Waals surface area contributed by atoms with Crippen LogP contribution >= 0.6 is 21.7 Å². The normalized spacial score (nSPS) is 10.8. The van der Waals surface area contributed by atoms with Crippen molar-refractivity contribution in [3.05, 3.63) is 29.8 Å². The van der Waals surface area contributed by atoms with Crippen molar-refractivity contribution in [3.63, 3.8) is 0 Å². The lowest BCUT2D eigenvalue weighted by molar-refractivity contribution is 0.565. The topological polar surface area (TPSA) is 0 Å². The number of hydrogen-bond acceptors (Lipinski definition) is 1. The summed E-state index contributed by atoms with van der Waals surface area (Å²) in [4.78, 5) is 1.14. The van der Waals surface area contributed by atoms with Crippen LogP contribution in [0, 0.1) is 0 Å². The van der Waals surface area contributed by atoms with Gasteiger partial charge < -0.3 is 0 Å². The first-order chi connectivity index (χ1) is 9.36. The predicted molar refractivity (Wildman–Crippen MR) is 89.1 cm³/mol. The molecular weight excluding hydrogens is 272 g/mol. The van der Waals surface area contributed by atoms with Crippen LogP contribution in [0.5, 0.6) is 0 Å². The molecule has 2 heteroatoms. The fourth-order valence-corrected chi connectivity index (χ4v) is 2.89. The van der Waals surface area contributed by atoms with Gasteiger partial charge in [-0.25, -0.2) is 0 Å². The van der Waals surface area contributed by atoms with E-state index >= 15 is 0 Å². The van der Waals surface area contributed by atoms with Crippen LogP contribution in [0.4, 0.5) is 0 Å². The van der Waals surface area contributed by atoms with Crippen molar-refractivity contribution in [3.8, 4) is 0 Å². The summed E-state index contributed by atoms with van der Waals surface area (Å²) in [5, 5.41) is 0. The fourth-order valence-electron chi connectivity index (χ4n) is 2.35. The van der Waals surface area contributed by atoms with E-state index in [1.165, 1.54) is 80.7 Å². The lowest BCUT2D eigenvalue weighted by atomic mass is 10.0. The molecule has 0 aliphatic heterocycles. The average molecular weight is 299 g/mol. The standard InChI is InChI=1S/C17H27ClS/c1-2-3-4-5-6-7-8-9-10-11-16-12-14-17(19-18)15-13-16/h12-15H,2-11H2,1H3. The molecule has 0 nitrogen and oxygen atoms in total. The van der Waals surface area contributed by atoms with Crippen molar-refractivity contribution in [2.75, 3.05) is 0 Å². The largest absolute Gasteiger partial charge is 0.0654 e. The lowest BCUT2D eigenvalue weighted by Gasteiger charge is -2.03. The van der Waals surface area contributed by atoms with Crippen LogP contribution in [0.15, 0.2) is 29.2 Å². The summed E-state index contributed by atoms with van der Waals surface area (Å²) in [6.07, 6.45) is 13.8. The zero-order valence-corrected chi connectivity index (χ0v) is 13.7. The second-order valence-corrected chi connectivity index (χ2v) is 6.39.